The van der Waals surface area contributed by atoms with Gasteiger partial charge < -0.3 is 5.32 Å². The topological polar surface area (TPSA) is 59.1 Å². The first-order chi connectivity index (χ1) is 9.51. The van der Waals surface area contributed by atoms with Crippen LogP contribution in [0, 0.1) is 5.41 Å². The number of hydrogen-bond donors (Lipinski definition) is 1. The molecule has 9 heteroatoms. The molecule has 1 aliphatic rings. The molecule has 0 radical (unpaired) electrons. The van der Waals surface area contributed by atoms with Crippen LogP contribution in [0.15, 0.2) is 12.3 Å². The second-order valence-corrected chi connectivity index (χ2v) is 8.02. The van der Waals surface area contributed by atoms with Gasteiger partial charge in [0.1, 0.15) is 15.7 Å². The number of anilines is 1. The quantitative estimate of drug-likeness (QED) is 0.893. The highest BCUT2D eigenvalue weighted by Crippen LogP contribution is 2.46. The Bertz CT molecular complexity index is 642. The number of alkyl halides is 3. The van der Waals surface area contributed by atoms with Gasteiger partial charge in [-0.2, -0.15) is 13.2 Å². The zero-order valence-corrected chi connectivity index (χ0v) is 12.7. The van der Waals surface area contributed by atoms with Crippen molar-refractivity contribution in [1.29, 1.82) is 0 Å². The molecule has 0 atom stereocenters. The number of rotatable bonds is 5. The van der Waals surface area contributed by atoms with Gasteiger partial charge in [0.15, 0.2) is 0 Å². The van der Waals surface area contributed by atoms with Gasteiger partial charge in [-0.05, 0) is 18.9 Å². The lowest BCUT2D eigenvalue weighted by Gasteiger charge is -2.16. The van der Waals surface area contributed by atoms with Crippen LogP contribution < -0.4 is 5.32 Å². The number of aromatic nitrogens is 1. The van der Waals surface area contributed by atoms with Gasteiger partial charge in [0.2, 0.25) is 0 Å². The molecule has 0 aromatic carbocycles. The SMILES string of the molecule is CS(=O)(=O)CC1(CNc2ncc(C(F)(F)F)cc2Cl)CC1. The summed E-state index contributed by atoms with van der Waals surface area (Å²) in [5, 5.41) is 2.70. The summed E-state index contributed by atoms with van der Waals surface area (Å²) in [7, 11) is -3.10. The van der Waals surface area contributed by atoms with Crippen LogP contribution in [0.25, 0.3) is 0 Å². The van der Waals surface area contributed by atoms with Gasteiger partial charge >= 0.3 is 6.18 Å². The fourth-order valence-electron chi connectivity index (χ4n) is 2.10. The number of sulfone groups is 1. The maximum atomic E-state index is 12.5. The zero-order valence-electron chi connectivity index (χ0n) is 11.2. The summed E-state index contributed by atoms with van der Waals surface area (Å²) in [6.07, 6.45) is -1.12. The summed E-state index contributed by atoms with van der Waals surface area (Å²) >= 11 is 5.77. The zero-order chi connectivity index (χ0) is 15.9. The molecule has 1 saturated carbocycles. The summed E-state index contributed by atoms with van der Waals surface area (Å²) in [6.45, 7) is 0.318. The first-order valence-electron chi connectivity index (χ1n) is 6.15. The Hall–Kier alpha value is -1.02. The largest absolute Gasteiger partial charge is 0.417 e. The van der Waals surface area contributed by atoms with Crippen LogP contribution >= 0.6 is 11.6 Å². The lowest BCUT2D eigenvalue weighted by molar-refractivity contribution is -0.137. The van der Waals surface area contributed by atoms with Gasteiger partial charge in [-0.15, -0.1) is 0 Å². The van der Waals surface area contributed by atoms with Crippen LogP contribution in [0.2, 0.25) is 5.02 Å². The molecule has 0 saturated heterocycles. The minimum absolute atomic E-state index is 0.0469. The molecule has 4 nitrogen and oxygen atoms in total. The van der Waals surface area contributed by atoms with E-state index in [1.54, 1.807) is 0 Å². The van der Waals surface area contributed by atoms with Gasteiger partial charge in [0, 0.05) is 24.4 Å². The Kier molecular flexibility index (Phi) is 4.14. The Balaban J connectivity index is 2.05. The molecule has 1 fully saturated rings. The van der Waals surface area contributed by atoms with Crippen molar-refractivity contribution < 1.29 is 21.6 Å². The van der Waals surface area contributed by atoms with Gasteiger partial charge in [-0.1, -0.05) is 11.6 Å². The van der Waals surface area contributed by atoms with Gasteiger partial charge in [-0.3, -0.25) is 0 Å². The molecule has 1 heterocycles. The average Bonchev–Trinajstić information content (AvgIpc) is 3.04. The van der Waals surface area contributed by atoms with Crippen LogP contribution in [-0.4, -0.2) is 32.0 Å². The Morgan fingerprint density at radius 1 is 1.43 bits per heavy atom. The van der Waals surface area contributed by atoms with E-state index in [1.165, 1.54) is 0 Å². The van der Waals surface area contributed by atoms with E-state index in [4.69, 9.17) is 11.6 Å². The maximum Gasteiger partial charge on any atom is 0.417 e. The van der Waals surface area contributed by atoms with E-state index >= 15 is 0 Å². The number of pyridine rings is 1. The number of nitrogens with one attached hydrogen (secondary N) is 1. The monoisotopic (exact) mass is 342 g/mol. The molecule has 1 aromatic heterocycles. The maximum absolute atomic E-state index is 12.5. The van der Waals surface area contributed by atoms with Crippen LogP contribution in [0.1, 0.15) is 18.4 Å². The summed E-state index contributed by atoms with van der Waals surface area (Å²) in [5.41, 5.74) is -1.28. The van der Waals surface area contributed by atoms with Crippen molar-refractivity contribution in [2.45, 2.75) is 19.0 Å². The van der Waals surface area contributed by atoms with E-state index in [1.807, 2.05) is 0 Å². The Labute approximate surface area is 125 Å². The predicted molar refractivity (Wildman–Crippen MR) is 74.1 cm³/mol. The van der Waals surface area contributed by atoms with Crippen LogP contribution in [0.5, 0.6) is 0 Å². The van der Waals surface area contributed by atoms with Crippen molar-refractivity contribution in [1.82, 2.24) is 4.98 Å². The van der Waals surface area contributed by atoms with Crippen molar-refractivity contribution in [2.24, 2.45) is 5.41 Å². The fourth-order valence-corrected chi connectivity index (χ4v) is 3.84. The molecule has 21 heavy (non-hydrogen) atoms. The first kappa shape index (κ1) is 16.4. The van der Waals surface area contributed by atoms with Crippen LogP contribution in [-0.2, 0) is 16.0 Å². The highest BCUT2D eigenvalue weighted by molar-refractivity contribution is 7.90. The van der Waals surface area contributed by atoms with Crippen molar-refractivity contribution in [3.8, 4) is 0 Å². The van der Waals surface area contributed by atoms with E-state index in [0.29, 0.717) is 12.7 Å². The molecule has 1 N–H and O–H groups in total. The van der Waals surface area contributed by atoms with Gasteiger partial charge in [0.05, 0.1) is 16.3 Å². The molecule has 2 rings (SSSR count). The highest BCUT2D eigenvalue weighted by Gasteiger charge is 2.45. The van der Waals surface area contributed by atoms with E-state index in [-0.39, 0.29) is 22.0 Å². The number of nitrogens with zero attached hydrogens (tertiary/aromatic N) is 1. The lowest BCUT2D eigenvalue weighted by atomic mass is 10.1. The summed E-state index contributed by atoms with van der Waals surface area (Å²) in [4.78, 5) is 3.66. The van der Waals surface area contributed by atoms with E-state index in [0.717, 1.165) is 25.2 Å². The highest BCUT2D eigenvalue weighted by atomic mass is 35.5. The molecular formula is C12H14ClF3N2O2S. The van der Waals surface area contributed by atoms with E-state index in [9.17, 15) is 21.6 Å². The lowest BCUT2D eigenvalue weighted by Crippen LogP contribution is -2.24. The normalized spacial score (nSPS) is 17.6. The third-order valence-corrected chi connectivity index (χ3v) is 4.75. The number of hydrogen-bond acceptors (Lipinski definition) is 4. The molecule has 118 valence electrons. The van der Waals surface area contributed by atoms with E-state index in [2.05, 4.69) is 10.3 Å². The van der Waals surface area contributed by atoms with Gasteiger partial charge in [-0.25, -0.2) is 13.4 Å². The van der Waals surface area contributed by atoms with Gasteiger partial charge in [0.25, 0.3) is 0 Å². The van der Waals surface area contributed by atoms with Crippen molar-refractivity contribution >= 4 is 27.3 Å². The molecule has 0 amide bonds. The Morgan fingerprint density at radius 2 is 2.05 bits per heavy atom. The molecule has 1 aliphatic carbocycles. The average molecular weight is 343 g/mol. The second kappa shape index (κ2) is 5.31. The molecule has 0 spiro atoms. The summed E-state index contributed by atoms with van der Waals surface area (Å²) in [5.74, 6) is 0.176. The molecule has 0 aliphatic heterocycles. The molecule has 0 unspecified atom stereocenters. The molecule has 0 bridgehead atoms. The first-order valence-corrected chi connectivity index (χ1v) is 8.59. The summed E-state index contributed by atoms with van der Waals surface area (Å²) < 4.78 is 60.1. The smallest absolute Gasteiger partial charge is 0.368 e. The van der Waals surface area contributed by atoms with Crippen LogP contribution in [0.4, 0.5) is 19.0 Å². The summed E-state index contributed by atoms with van der Waals surface area (Å²) in [6, 6.07) is 0.799. The van der Waals surface area contributed by atoms with Crippen molar-refractivity contribution in [3.05, 3.63) is 22.8 Å². The minimum atomic E-state index is -4.50. The third-order valence-electron chi connectivity index (χ3n) is 3.32. The van der Waals surface area contributed by atoms with Crippen LogP contribution in [0.3, 0.4) is 0 Å². The second-order valence-electron chi connectivity index (χ2n) is 5.48. The Morgan fingerprint density at radius 3 is 2.48 bits per heavy atom. The fraction of sp³-hybridized carbons (Fsp3) is 0.583. The standard InChI is InChI=1S/C12H14ClF3N2O2S/c1-21(19,20)7-11(2-3-11)6-18-10-9(13)4-8(5-17-10)12(14,15)16/h4-5H,2-3,6-7H2,1H3,(H,17,18). The molecule has 1 aromatic rings. The van der Waals surface area contributed by atoms with E-state index < -0.39 is 21.6 Å². The third kappa shape index (κ3) is 4.47. The number of halogens is 4. The predicted octanol–water partition coefficient (Wildman–Crippen LogP) is 2.99. The van der Waals surface area contributed by atoms with Crippen molar-refractivity contribution in [2.75, 3.05) is 23.9 Å². The molecular weight excluding hydrogens is 329 g/mol. The van der Waals surface area contributed by atoms with Crippen molar-refractivity contribution in [3.63, 3.8) is 0 Å². The minimum Gasteiger partial charge on any atom is -0.368 e.